The van der Waals surface area contributed by atoms with Crippen molar-refractivity contribution in [2.75, 3.05) is 0 Å². The molecule has 4 heteroatoms. The van der Waals surface area contributed by atoms with Gasteiger partial charge in [0.1, 0.15) is 17.2 Å². The minimum Gasteiger partial charge on any atom is -0.456 e. The lowest BCUT2D eigenvalue weighted by molar-refractivity contribution is 0.669. The first-order valence-corrected chi connectivity index (χ1v) is 8.56. The Morgan fingerprint density at radius 3 is 2.44 bits per heavy atom. The summed E-state index contributed by atoms with van der Waals surface area (Å²) in [4.78, 5) is 8.91. The molecule has 0 spiro atoms. The molecule has 0 atom stereocenters. The molecule has 0 saturated heterocycles. The fourth-order valence-electron chi connectivity index (χ4n) is 3.28. The minimum absolute atomic E-state index is 0.519. The molecule has 126 valence electrons. The van der Waals surface area contributed by atoms with E-state index in [1.54, 1.807) is 18.5 Å². The predicted octanol–water partition coefficient (Wildman–Crippen LogP) is 5.58. The Kier molecular flexibility index (Phi) is 3.44. The highest BCUT2D eigenvalue weighted by atomic mass is 16.3. The van der Waals surface area contributed by atoms with Gasteiger partial charge >= 0.3 is 0 Å². The van der Waals surface area contributed by atoms with Crippen molar-refractivity contribution in [1.29, 1.82) is 5.26 Å². The van der Waals surface area contributed by atoms with E-state index in [0.29, 0.717) is 5.56 Å². The largest absolute Gasteiger partial charge is 0.456 e. The molecule has 0 radical (unpaired) electrons. The van der Waals surface area contributed by atoms with Crippen LogP contribution in [0.2, 0.25) is 0 Å². The molecule has 4 nitrogen and oxygen atoms in total. The lowest BCUT2D eigenvalue weighted by Crippen LogP contribution is -1.89. The molecule has 0 unspecified atom stereocenters. The molecule has 0 fully saturated rings. The quantitative estimate of drug-likeness (QED) is 0.418. The van der Waals surface area contributed by atoms with Crippen LogP contribution in [0.1, 0.15) is 5.56 Å². The topological polar surface area (TPSA) is 62.7 Å². The monoisotopic (exact) mass is 347 g/mol. The number of nitriles is 1. The third kappa shape index (κ3) is 2.62. The molecule has 0 saturated carbocycles. The van der Waals surface area contributed by atoms with Gasteiger partial charge in [0.2, 0.25) is 0 Å². The predicted molar refractivity (Wildman–Crippen MR) is 105 cm³/mol. The number of hydrogen-bond donors (Lipinski definition) is 0. The maximum atomic E-state index is 9.09. The highest BCUT2D eigenvalue weighted by Crippen LogP contribution is 2.32. The second-order valence-corrected chi connectivity index (χ2v) is 6.29. The SMILES string of the molecule is N#Cc1cncc(-c2cccc(-c3ccc4oc5ccccc5c4c3)n2)c1. The van der Waals surface area contributed by atoms with Crippen LogP contribution in [0.25, 0.3) is 44.5 Å². The lowest BCUT2D eigenvalue weighted by Gasteiger charge is -2.05. The molecule has 2 aromatic carbocycles. The van der Waals surface area contributed by atoms with Crippen molar-refractivity contribution >= 4 is 21.9 Å². The number of furan rings is 1. The summed E-state index contributed by atoms with van der Waals surface area (Å²) in [6.45, 7) is 0. The van der Waals surface area contributed by atoms with Crippen LogP contribution in [0.15, 0.2) is 83.5 Å². The van der Waals surface area contributed by atoms with Crippen molar-refractivity contribution in [2.45, 2.75) is 0 Å². The molecule has 3 aromatic heterocycles. The zero-order chi connectivity index (χ0) is 18.2. The molecule has 0 bridgehead atoms. The van der Waals surface area contributed by atoms with Gasteiger partial charge in [0.25, 0.3) is 0 Å². The fourth-order valence-corrected chi connectivity index (χ4v) is 3.28. The van der Waals surface area contributed by atoms with Gasteiger partial charge in [-0.25, -0.2) is 4.98 Å². The van der Waals surface area contributed by atoms with Crippen molar-refractivity contribution < 1.29 is 4.42 Å². The zero-order valence-electron chi connectivity index (χ0n) is 14.3. The van der Waals surface area contributed by atoms with Gasteiger partial charge in [0, 0.05) is 34.3 Å². The minimum atomic E-state index is 0.519. The molecule has 5 rings (SSSR count). The van der Waals surface area contributed by atoms with Crippen molar-refractivity contribution in [1.82, 2.24) is 9.97 Å². The first-order valence-electron chi connectivity index (χ1n) is 8.56. The Morgan fingerprint density at radius 1 is 0.741 bits per heavy atom. The van der Waals surface area contributed by atoms with Crippen LogP contribution >= 0.6 is 0 Å². The van der Waals surface area contributed by atoms with E-state index >= 15 is 0 Å². The van der Waals surface area contributed by atoms with Crippen molar-refractivity contribution in [3.8, 4) is 28.6 Å². The van der Waals surface area contributed by atoms with E-state index in [9.17, 15) is 0 Å². The Morgan fingerprint density at radius 2 is 1.56 bits per heavy atom. The van der Waals surface area contributed by atoms with Crippen LogP contribution in [0.3, 0.4) is 0 Å². The molecule has 0 aliphatic rings. The van der Waals surface area contributed by atoms with Crippen LogP contribution in [-0.4, -0.2) is 9.97 Å². The van der Waals surface area contributed by atoms with E-state index < -0.39 is 0 Å². The summed E-state index contributed by atoms with van der Waals surface area (Å²) in [7, 11) is 0. The van der Waals surface area contributed by atoms with Gasteiger partial charge in [0.05, 0.1) is 17.0 Å². The van der Waals surface area contributed by atoms with Gasteiger partial charge < -0.3 is 4.42 Å². The highest BCUT2D eigenvalue weighted by Gasteiger charge is 2.09. The van der Waals surface area contributed by atoms with Crippen LogP contribution in [-0.2, 0) is 0 Å². The van der Waals surface area contributed by atoms with E-state index in [1.165, 1.54) is 0 Å². The number of para-hydroxylation sites is 1. The Balaban J connectivity index is 1.64. The summed E-state index contributed by atoms with van der Waals surface area (Å²) in [6, 6.07) is 23.9. The molecule has 5 aromatic rings. The van der Waals surface area contributed by atoms with Gasteiger partial charge in [-0.15, -0.1) is 0 Å². The Labute approximate surface area is 155 Å². The van der Waals surface area contributed by atoms with E-state index in [-0.39, 0.29) is 0 Å². The molecule has 27 heavy (non-hydrogen) atoms. The third-order valence-corrected chi connectivity index (χ3v) is 4.58. The third-order valence-electron chi connectivity index (χ3n) is 4.58. The Hall–Kier alpha value is -3.97. The number of nitrogens with zero attached hydrogens (tertiary/aromatic N) is 3. The molecule has 3 heterocycles. The van der Waals surface area contributed by atoms with Crippen molar-refractivity contribution in [3.05, 3.63) is 84.7 Å². The number of rotatable bonds is 2. The summed E-state index contributed by atoms with van der Waals surface area (Å²) >= 11 is 0. The molecular weight excluding hydrogens is 334 g/mol. The second kappa shape index (κ2) is 6.08. The van der Waals surface area contributed by atoms with E-state index in [4.69, 9.17) is 14.7 Å². The first kappa shape index (κ1) is 15.3. The summed E-state index contributed by atoms with van der Waals surface area (Å²) in [5, 5.41) is 11.3. The van der Waals surface area contributed by atoms with Crippen LogP contribution in [0.4, 0.5) is 0 Å². The number of fused-ring (bicyclic) bond motifs is 3. The zero-order valence-corrected chi connectivity index (χ0v) is 14.3. The van der Waals surface area contributed by atoms with E-state index in [0.717, 1.165) is 44.5 Å². The molecule has 0 N–H and O–H groups in total. The van der Waals surface area contributed by atoms with Gasteiger partial charge in [-0.05, 0) is 42.5 Å². The summed E-state index contributed by atoms with van der Waals surface area (Å²) in [6.07, 6.45) is 3.27. The summed E-state index contributed by atoms with van der Waals surface area (Å²) in [5.74, 6) is 0. The lowest BCUT2D eigenvalue weighted by atomic mass is 10.1. The average molecular weight is 347 g/mol. The second-order valence-electron chi connectivity index (χ2n) is 6.29. The molecule has 0 amide bonds. The van der Waals surface area contributed by atoms with E-state index in [2.05, 4.69) is 23.2 Å². The van der Waals surface area contributed by atoms with Crippen LogP contribution in [0.5, 0.6) is 0 Å². The highest BCUT2D eigenvalue weighted by molar-refractivity contribution is 6.06. The molecule has 0 aliphatic heterocycles. The molecule has 0 aliphatic carbocycles. The van der Waals surface area contributed by atoms with Gasteiger partial charge in [-0.2, -0.15) is 5.26 Å². The maximum absolute atomic E-state index is 9.09. The Bertz CT molecular complexity index is 1340. The smallest absolute Gasteiger partial charge is 0.135 e. The first-order chi connectivity index (χ1) is 13.3. The van der Waals surface area contributed by atoms with E-state index in [1.807, 2.05) is 48.5 Å². The van der Waals surface area contributed by atoms with Gasteiger partial charge in [-0.1, -0.05) is 24.3 Å². The average Bonchev–Trinajstić information content (AvgIpc) is 3.12. The standard InChI is InChI=1S/C23H13N3O/c24-12-15-10-17(14-25-13-15)21-6-3-5-20(26-21)16-8-9-23-19(11-16)18-4-1-2-7-22(18)27-23/h1-11,13-14H. The normalized spacial score (nSPS) is 10.9. The fraction of sp³-hybridized carbons (Fsp3) is 0. The van der Waals surface area contributed by atoms with Gasteiger partial charge in [0.15, 0.2) is 0 Å². The van der Waals surface area contributed by atoms with Crippen molar-refractivity contribution in [3.63, 3.8) is 0 Å². The summed E-state index contributed by atoms with van der Waals surface area (Å²) in [5.41, 5.74) is 5.75. The van der Waals surface area contributed by atoms with Crippen LogP contribution in [0, 0.1) is 11.3 Å². The van der Waals surface area contributed by atoms with Gasteiger partial charge in [-0.3, -0.25) is 4.98 Å². The van der Waals surface area contributed by atoms with Crippen molar-refractivity contribution in [2.24, 2.45) is 0 Å². The number of aromatic nitrogens is 2. The molecular formula is C23H13N3O. The maximum Gasteiger partial charge on any atom is 0.135 e. The summed E-state index contributed by atoms with van der Waals surface area (Å²) < 4.78 is 5.90. The number of benzene rings is 2. The van der Waals surface area contributed by atoms with Crippen LogP contribution < -0.4 is 0 Å². The number of hydrogen-bond acceptors (Lipinski definition) is 4. The number of pyridine rings is 2.